The standard InChI is InChI=1S/C24H24N2O4.H2S/c1-2-30-24(29)21-13-8-14-26(21)23(28)19-16-25(15-17-9-4-3-5-10-17)20-12-7-6-11-18(20)22(19)27;/h3-7,9-12,16,21H,2,8,13-15H2,1H3;1H2/t21-;/m0./s1. The average Bonchev–Trinajstić information content (AvgIpc) is 3.26. The molecule has 1 aromatic heterocycles. The van der Waals surface area contributed by atoms with Gasteiger partial charge >= 0.3 is 5.97 Å². The number of para-hydroxylation sites is 1. The first-order valence-corrected chi connectivity index (χ1v) is 10.2. The average molecular weight is 439 g/mol. The maximum atomic E-state index is 13.3. The second-order valence-electron chi connectivity index (χ2n) is 7.41. The number of carbonyl (C=O) groups excluding carboxylic acids is 2. The molecule has 162 valence electrons. The Morgan fingerprint density at radius 3 is 2.52 bits per heavy atom. The zero-order chi connectivity index (χ0) is 21.1. The van der Waals surface area contributed by atoms with Crippen molar-refractivity contribution in [1.82, 2.24) is 9.47 Å². The molecule has 2 aromatic carbocycles. The number of rotatable bonds is 5. The number of hydrogen-bond acceptors (Lipinski definition) is 4. The van der Waals surface area contributed by atoms with Crippen LogP contribution < -0.4 is 5.43 Å². The van der Waals surface area contributed by atoms with E-state index in [2.05, 4.69) is 0 Å². The maximum absolute atomic E-state index is 13.3. The third kappa shape index (κ3) is 4.51. The lowest BCUT2D eigenvalue weighted by Crippen LogP contribution is -2.43. The minimum atomic E-state index is -0.633. The topological polar surface area (TPSA) is 68.6 Å². The molecule has 0 unspecified atom stereocenters. The van der Waals surface area contributed by atoms with Gasteiger partial charge in [0.2, 0.25) is 5.43 Å². The minimum absolute atomic E-state index is 0. The Morgan fingerprint density at radius 1 is 1.06 bits per heavy atom. The van der Waals surface area contributed by atoms with Crippen LogP contribution in [0.1, 0.15) is 35.7 Å². The number of pyridine rings is 1. The second-order valence-corrected chi connectivity index (χ2v) is 7.41. The predicted octanol–water partition coefficient (Wildman–Crippen LogP) is 3.33. The van der Waals surface area contributed by atoms with Crippen LogP contribution in [0.4, 0.5) is 0 Å². The number of nitrogens with zero attached hydrogens (tertiary/aromatic N) is 2. The van der Waals surface area contributed by atoms with Crippen molar-refractivity contribution in [2.75, 3.05) is 13.2 Å². The van der Waals surface area contributed by atoms with Crippen LogP contribution in [0.5, 0.6) is 0 Å². The molecule has 1 saturated heterocycles. The first-order valence-electron chi connectivity index (χ1n) is 10.2. The van der Waals surface area contributed by atoms with E-state index in [0.29, 0.717) is 31.3 Å². The van der Waals surface area contributed by atoms with Crippen LogP contribution in [0.3, 0.4) is 0 Å². The van der Waals surface area contributed by atoms with E-state index in [4.69, 9.17) is 4.74 Å². The molecule has 0 spiro atoms. The van der Waals surface area contributed by atoms with Gasteiger partial charge in [-0.3, -0.25) is 9.59 Å². The molecule has 6 nitrogen and oxygen atoms in total. The number of benzene rings is 2. The summed E-state index contributed by atoms with van der Waals surface area (Å²) in [7, 11) is 0. The van der Waals surface area contributed by atoms with Gasteiger partial charge in [-0.05, 0) is 37.5 Å². The number of aromatic nitrogens is 1. The monoisotopic (exact) mass is 438 g/mol. The highest BCUT2D eigenvalue weighted by molar-refractivity contribution is 7.59. The summed E-state index contributed by atoms with van der Waals surface area (Å²) >= 11 is 0. The molecule has 1 amide bonds. The Bertz CT molecular complexity index is 1140. The summed E-state index contributed by atoms with van der Waals surface area (Å²) < 4.78 is 7.05. The first kappa shape index (κ1) is 22.6. The zero-order valence-corrected chi connectivity index (χ0v) is 18.4. The number of hydrogen-bond donors (Lipinski definition) is 0. The van der Waals surface area contributed by atoms with Crippen molar-refractivity contribution in [1.29, 1.82) is 0 Å². The van der Waals surface area contributed by atoms with Gasteiger partial charge in [-0.15, -0.1) is 0 Å². The van der Waals surface area contributed by atoms with Crippen LogP contribution in [0.25, 0.3) is 10.9 Å². The van der Waals surface area contributed by atoms with Crippen LogP contribution in [-0.4, -0.2) is 40.5 Å². The van der Waals surface area contributed by atoms with Crippen molar-refractivity contribution in [3.05, 3.63) is 82.1 Å². The Balaban J connectivity index is 0.00000272. The molecule has 0 aliphatic carbocycles. The quantitative estimate of drug-likeness (QED) is 0.573. The van der Waals surface area contributed by atoms with E-state index >= 15 is 0 Å². The van der Waals surface area contributed by atoms with Crippen LogP contribution in [0, 0.1) is 0 Å². The van der Waals surface area contributed by atoms with E-state index in [1.165, 1.54) is 4.90 Å². The number of fused-ring (bicyclic) bond motifs is 1. The molecule has 3 aromatic rings. The highest BCUT2D eigenvalue weighted by Crippen LogP contribution is 2.22. The molecule has 1 aliphatic rings. The number of amides is 1. The molecule has 4 rings (SSSR count). The summed E-state index contributed by atoms with van der Waals surface area (Å²) in [6.45, 7) is 2.97. The lowest BCUT2D eigenvalue weighted by molar-refractivity contribution is -0.147. The number of likely N-dealkylation sites (tertiary alicyclic amines) is 1. The lowest BCUT2D eigenvalue weighted by Gasteiger charge is -2.23. The first-order chi connectivity index (χ1) is 14.6. The highest BCUT2D eigenvalue weighted by Gasteiger charge is 2.36. The number of ether oxygens (including phenoxy) is 1. The van der Waals surface area contributed by atoms with Crippen LogP contribution >= 0.6 is 13.5 Å². The summed E-state index contributed by atoms with van der Waals surface area (Å²) in [4.78, 5) is 40.3. The van der Waals surface area contributed by atoms with Gasteiger partial charge in [0.05, 0.1) is 12.1 Å². The Kier molecular flexibility index (Phi) is 7.17. The molecule has 0 bridgehead atoms. The molecule has 1 atom stereocenters. The van der Waals surface area contributed by atoms with Gasteiger partial charge in [0.15, 0.2) is 0 Å². The molecule has 0 N–H and O–H groups in total. The third-order valence-corrected chi connectivity index (χ3v) is 5.49. The van der Waals surface area contributed by atoms with Gasteiger partial charge in [0.25, 0.3) is 5.91 Å². The largest absolute Gasteiger partial charge is 0.464 e. The zero-order valence-electron chi connectivity index (χ0n) is 17.4. The fraction of sp³-hybridized carbons (Fsp3) is 0.292. The van der Waals surface area contributed by atoms with Gasteiger partial charge in [-0.2, -0.15) is 13.5 Å². The Labute approximate surface area is 187 Å². The minimum Gasteiger partial charge on any atom is -0.464 e. The SMILES string of the molecule is CCOC(=O)[C@@H]1CCCN1C(=O)c1cn(Cc2ccccc2)c2ccccc2c1=O.S. The fourth-order valence-electron chi connectivity index (χ4n) is 4.06. The molecule has 31 heavy (non-hydrogen) atoms. The molecule has 0 saturated carbocycles. The maximum Gasteiger partial charge on any atom is 0.328 e. The third-order valence-electron chi connectivity index (χ3n) is 5.49. The smallest absolute Gasteiger partial charge is 0.328 e. The summed E-state index contributed by atoms with van der Waals surface area (Å²) in [5.74, 6) is -0.822. The molecule has 0 radical (unpaired) electrons. The predicted molar refractivity (Wildman–Crippen MR) is 125 cm³/mol. The van der Waals surface area contributed by atoms with Crippen molar-refractivity contribution >= 4 is 36.3 Å². The summed E-state index contributed by atoms with van der Waals surface area (Å²) in [5, 5.41) is 0.492. The van der Waals surface area contributed by atoms with E-state index in [1.807, 2.05) is 47.0 Å². The molecular weight excluding hydrogens is 412 g/mol. The van der Waals surface area contributed by atoms with E-state index in [-0.39, 0.29) is 31.1 Å². The van der Waals surface area contributed by atoms with Gasteiger partial charge in [0.1, 0.15) is 11.6 Å². The summed E-state index contributed by atoms with van der Waals surface area (Å²) in [6.07, 6.45) is 2.89. The van der Waals surface area contributed by atoms with E-state index in [0.717, 1.165) is 11.1 Å². The summed E-state index contributed by atoms with van der Waals surface area (Å²) in [6, 6.07) is 16.5. The molecule has 2 heterocycles. The van der Waals surface area contributed by atoms with Crippen LogP contribution in [0.15, 0.2) is 65.6 Å². The summed E-state index contributed by atoms with van der Waals surface area (Å²) in [5.41, 5.74) is 1.61. The van der Waals surface area contributed by atoms with Crippen LogP contribution in [0.2, 0.25) is 0 Å². The Hall–Kier alpha value is -3.06. The second kappa shape index (κ2) is 9.83. The Morgan fingerprint density at radius 2 is 1.77 bits per heavy atom. The van der Waals surface area contributed by atoms with Gasteiger partial charge in [-0.1, -0.05) is 42.5 Å². The van der Waals surface area contributed by atoms with Crippen molar-refractivity contribution in [3.8, 4) is 0 Å². The molecule has 1 aliphatic heterocycles. The molecule has 1 fully saturated rings. The highest BCUT2D eigenvalue weighted by atomic mass is 32.1. The van der Waals surface area contributed by atoms with Crippen molar-refractivity contribution in [2.45, 2.75) is 32.4 Å². The van der Waals surface area contributed by atoms with Gasteiger partial charge < -0.3 is 14.2 Å². The van der Waals surface area contributed by atoms with E-state index in [9.17, 15) is 14.4 Å². The normalized spacial score (nSPS) is 15.5. The molecule has 7 heteroatoms. The number of esters is 1. The van der Waals surface area contributed by atoms with Crippen molar-refractivity contribution in [2.24, 2.45) is 0 Å². The van der Waals surface area contributed by atoms with Crippen molar-refractivity contribution < 1.29 is 14.3 Å². The molecular formula is C24H26N2O4S. The van der Waals surface area contributed by atoms with E-state index in [1.54, 1.807) is 25.3 Å². The van der Waals surface area contributed by atoms with Gasteiger partial charge in [0, 0.05) is 24.7 Å². The van der Waals surface area contributed by atoms with Gasteiger partial charge in [-0.25, -0.2) is 4.79 Å². The number of carbonyl (C=O) groups is 2. The van der Waals surface area contributed by atoms with Crippen LogP contribution in [-0.2, 0) is 16.1 Å². The van der Waals surface area contributed by atoms with Crippen molar-refractivity contribution in [3.63, 3.8) is 0 Å². The van der Waals surface area contributed by atoms with E-state index < -0.39 is 17.9 Å². The lowest BCUT2D eigenvalue weighted by atomic mass is 10.1. The fourth-order valence-corrected chi connectivity index (χ4v) is 4.06.